The number of likely N-dealkylation sites (tertiary alicyclic amines) is 1. The molecule has 0 aliphatic carbocycles. The van der Waals surface area contributed by atoms with Gasteiger partial charge in [0.1, 0.15) is 6.04 Å². The summed E-state index contributed by atoms with van der Waals surface area (Å²) in [6.07, 6.45) is -0.849. The number of anilines is 1. The minimum Gasteiger partial charge on any atom is -0.480 e. The number of hydrogen-bond donors (Lipinski definition) is 4. The molecule has 1 aromatic carbocycles. The van der Waals surface area contributed by atoms with E-state index < -0.39 is 30.1 Å². The van der Waals surface area contributed by atoms with Crippen molar-refractivity contribution in [2.45, 2.75) is 18.6 Å². The summed E-state index contributed by atoms with van der Waals surface area (Å²) in [6.45, 7) is -0.0395. The Bertz CT molecular complexity index is 572. The maximum atomic E-state index is 12.0. The molecule has 1 fully saturated rings. The topological polar surface area (TPSA) is 133 Å². The Morgan fingerprint density at radius 1 is 1.24 bits per heavy atom. The van der Waals surface area contributed by atoms with E-state index in [4.69, 9.17) is 10.8 Å². The van der Waals surface area contributed by atoms with Gasteiger partial charge in [-0.15, -0.1) is 0 Å². The first-order valence-electron chi connectivity index (χ1n) is 6.27. The molecular formula is C13H15N3O5. The molecule has 2 rings (SSSR count). The summed E-state index contributed by atoms with van der Waals surface area (Å²) in [5, 5.41) is 21.0. The van der Waals surface area contributed by atoms with E-state index in [1.165, 1.54) is 24.3 Å². The number of β-amino-alcohol motifs (C(OH)–C–C–N with tert-alkyl or cyclic N) is 1. The molecule has 0 saturated carbocycles. The van der Waals surface area contributed by atoms with Crippen molar-refractivity contribution in [2.75, 3.05) is 11.9 Å². The second kappa shape index (κ2) is 5.80. The number of carboxylic acid groups (broad SMARTS) is 1. The van der Waals surface area contributed by atoms with Crippen LogP contribution in [0.3, 0.4) is 0 Å². The number of hydrogen-bond acceptors (Lipinski definition) is 4. The van der Waals surface area contributed by atoms with Crippen LogP contribution in [0.5, 0.6) is 0 Å². The maximum Gasteiger partial charge on any atom is 0.326 e. The number of carbonyl (C=O) groups is 3. The number of benzene rings is 1. The van der Waals surface area contributed by atoms with Crippen molar-refractivity contribution < 1.29 is 24.6 Å². The molecule has 1 aromatic rings. The van der Waals surface area contributed by atoms with Crippen molar-refractivity contribution in [1.82, 2.24) is 4.90 Å². The molecule has 3 amide bonds. The lowest BCUT2D eigenvalue weighted by molar-refractivity contribution is -0.141. The van der Waals surface area contributed by atoms with Crippen molar-refractivity contribution >= 4 is 23.6 Å². The van der Waals surface area contributed by atoms with Crippen LogP contribution < -0.4 is 11.1 Å². The Kier molecular flexibility index (Phi) is 4.08. The van der Waals surface area contributed by atoms with Gasteiger partial charge in [-0.25, -0.2) is 9.59 Å². The molecule has 0 spiro atoms. The predicted octanol–water partition coefficient (Wildman–Crippen LogP) is -0.163. The van der Waals surface area contributed by atoms with E-state index in [0.29, 0.717) is 11.3 Å². The van der Waals surface area contributed by atoms with Crippen molar-refractivity contribution in [3.05, 3.63) is 29.8 Å². The molecule has 112 valence electrons. The molecule has 21 heavy (non-hydrogen) atoms. The van der Waals surface area contributed by atoms with Gasteiger partial charge in [0.2, 0.25) is 5.91 Å². The minimum atomic E-state index is -1.16. The van der Waals surface area contributed by atoms with Crippen LogP contribution in [0.2, 0.25) is 0 Å². The number of nitrogens with one attached hydrogen (secondary N) is 1. The summed E-state index contributed by atoms with van der Waals surface area (Å²) < 4.78 is 0. The zero-order valence-electron chi connectivity index (χ0n) is 11.0. The summed E-state index contributed by atoms with van der Waals surface area (Å²) in [5.41, 5.74) is 5.80. The van der Waals surface area contributed by atoms with Crippen LogP contribution in [0.4, 0.5) is 10.5 Å². The number of rotatable bonds is 3. The lowest BCUT2D eigenvalue weighted by atomic mass is 10.2. The fourth-order valence-corrected chi connectivity index (χ4v) is 2.19. The summed E-state index contributed by atoms with van der Waals surface area (Å²) in [5.74, 6) is -1.74. The summed E-state index contributed by atoms with van der Waals surface area (Å²) in [6, 6.07) is 4.20. The predicted molar refractivity (Wildman–Crippen MR) is 72.7 cm³/mol. The number of primary amides is 1. The SMILES string of the molecule is NC(=O)c1ccc(NC(=O)N2C[C@@H](O)C[C@H]2C(=O)O)cc1. The Morgan fingerprint density at radius 2 is 1.86 bits per heavy atom. The van der Waals surface area contributed by atoms with E-state index in [1.54, 1.807) is 0 Å². The van der Waals surface area contributed by atoms with Crippen LogP contribution in [0.25, 0.3) is 0 Å². The third-order valence-corrected chi connectivity index (χ3v) is 3.25. The van der Waals surface area contributed by atoms with Crippen molar-refractivity contribution in [1.29, 1.82) is 0 Å². The van der Waals surface area contributed by atoms with E-state index in [2.05, 4.69) is 5.32 Å². The van der Waals surface area contributed by atoms with Gasteiger partial charge < -0.3 is 26.2 Å². The summed E-state index contributed by atoms with van der Waals surface area (Å²) in [7, 11) is 0. The molecule has 0 unspecified atom stereocenters. The van der Waals surface area contributed by atoms with Crippen LogP contribution in [0.15, 0.2) is 24.3 Å². The van der Waals surface area contributed by atoms with Crippen molar-refractivity contribution in [2.24, 2.45) is 5.73 Å². The van der Waals surface area contributed by atoms with Gasteiger partial charge in [-0.3, -0.25) is 4.79 Å². The van der Waals surface area contributed by atoms with Crippen molar-refractivity contribution in [3.8, 4) is 0 Å². The lowest BCUT2D eigenvalue weighted by Crippen LogP contribution is -2.43. The molecule has 8 heteroatoms. The zero-order chi connectivity index (χ0) is 15.6. The Hall–Kier alpha value is -2.61. The number of nitrogens with zero attached hydrogens (tertiary/aromatic N) is 1. The van der Waals surface area contributed by atoms with Gasteiger partial charge in [-0.05, 0) is 24.3 Å². The van der Waals surface area contributed by atoms with E-state index in [0.717, 1.165) is 4.90 Å². The lowest BCUT2D eigenvalue weighted by Gasteiger charge is -2.21. The number of carboxylic acids is 1. The van der Waals surface area contributed by atoms with E-state index in [1.807, 2.05) is 0 Å². The first-order chi connectivity index (χ1) is 9.88. The second-order valence-corrected chi connectivity index (χ2v) is 4.77. The van der Waals surface area contributed by atoms with Gasteiger partial charge in [0.25, 0.3) is 0 Å². The number of aliphatic carboxylic acids is 1. The molecule has 0 bridgehead atoms. The summed E-state index contributed by atoms with van der Waals surface area (Å²) in [4.78, 5) is 35.1. The highest BCUT2D eigenvalue weighted by atomic mass is 16.4. The highest BCUT2D eigenvalue weighted by Gasteiger charge is 2.38. The van der Waals surface area contributed by atoms with Crippen LogP contribution in [-0.4, -0.2) is 51.7 Å². The molecule has 1 aliphatic rings. The quantitative estimate of drug-likeness (QED) is 0.614. The first kappa shape index (κ1) is 14.8. The normalized spacial score (nSPS) is 21.1. The van der Waals surface area contributed by atoms with Gasteiger partial charge in [-0.1, -0.05) is 0 Å². The molecule has 0 radical (unpaired) electrons. The molecule has 5 N–H and O–H groups in total. The van der Waals surface area contributed by atoms with E-state index >= 15 is 0 Å². The van der Waals surface area contributed by atoms with Crippen LogP contribution in [0, 0.1) is 0 Å². The Balaban J connectivity index is 2.06. The largest absolute Gasteiger partial charge is 0.480 e. The molecule has 2 atom stereocenters. The van der Waals surface area contributed by atoms with Gasteiger partial charge in [0.05, 0.1) is 6.10 Å². The molecular weight excluding hydrogens is 278 g/mol. The third-order valence-electron chi connectivity index (χ3n) is 3.25. The zero-order valence-corrected chi connectivity index (χ0v) is 11.0. The minimum absolute atomic E-state index is 0.00334. The highest BCUT2D eigenvalue weighted by molar-refractivity contribution is 5.95. The monoisotopic (exact) mass is 293 g/mol. The number of urea groups is 1. The van der Waals surface area contributed by atoms with Crippen LogP contribution >= 0.6 is 0 Å². The number of aliphatic hydroxyl groups is 1. The Labute approximate surface area is 120 Å². The van der Waals surface area contributed by atoms with Crippen LogP contribution in [0.1, 0.15) is 16.8 Å². The van der Waals surface area contributed by atoms with Crippen LogP contribution in [-0.2, 0) is 4.79 Å². The summed E-state index contributed by atoms with van der Waals surface area (Å²) >= 11 is 0. The number of nitrogens with two attached hydrogens (primary N) is 1. The van der Waals surface area contributed by atoms with E-state index in [9.17, 15) is 19.5 Å². The smallest absolute Gasteiger partial charge is 0.326 e. The highest BCUT2D eigenvalue weighted by Crippen LogP contribution is 2.20. The fourth-order valence-electron chi connectivity index (χ4n) is 2.19. The third kappa shape index (κ3) is 3.29. The molecule has 0 aromatic heterocycles. The molecule has 1 heterocycles. The standard InChI is InChI=1S/C13H15N3O5/c14-11(18)7-1-3-8(4-2-7)15-13(21)16-6-9(17)5-10(16)12(19)20/h1-4,9-10,17H,5-6H2,(H2,14,18)(H,15,21)(H,19,20)/t9-,10-/m0/s1. The molecule has 1 saturated heterocycles. The number of amides is 3. The maximum absolute atomic E-state index is 12.0. The number of aliphatic hydroxyl groups excluding tert-OH is 1. The van der Waals surface area contributed by atoms with E-state index in [-0.39, 0.29) is 13.0 Å². The average molecular weight is 293 g/mol. The van der Waals surface area contributed by atoms with Gasteiger partial charge >= 0.3 is 12.0 Å². The van der Waals surface area contributed by atoms with Gasteiger partial charge in [-0.2, -0.15) is 0 Å². The van der Waals surface area contributed by atoms with Crippen molar-refractivity contribution in [3.63, 3.8) is 0 Å². The molecule has 8 nitrogen and oxygen atoms in total. The molecule has 1 aliphatic heterocycles. The van der Waals surface area contributed by atoms with Gasteiger partial charge in [0, 0.05) is 24.2 Å². The van der Waals surface area contributed by atoms with Gasteiger partial charge in [0.15, 0.2) is 0 Å². The fraction of sp³-hybridized carbons (Fsp3) is 0.308. The number of carbonyl (C=O) groups excluding carboxylic acids is 2. The Morgan fingerprint density at radius 3 is 2.38 bits per heavy atom. The second-order valence-electron chi connectivity index (χ2n) is 4.77. The average Bonchev–Trinajstić information content (AvgIpc) is 2.82. The first-order valence-corrected chi connectivity index (χ1v) is 6.27.